The number of nitrogens with zero attached hydrogens (tertiary/aromatic N) is 1. The molecular weight excluding hydrogens is 208 g/mol. The van der Waals surface area contributed by atoms with E-state index in [1.165, 1.54) is 64.6 Å². The highest BCUT2D eigenvalue weighted by atomic mass is 15.1. The van der Waals surface area contributed by atoms with Gasteiger partial charge in [-0.3, -0.25) is 0 Å². The molecule has 0 bridgehead atoms. The van der Waals surface area contributed by atoms with Gasteiger partial charge < -0.3 is 10.2 Å². The molecule has 1 aliphatic rings. The van der Waals surface area contributed by atoms with Gasteiger partial charge >= 0.3 is 0 Å². The van der Waals surface area contributed by atoms with Crippen LogP contribution < -0.4 is 5.32 Å². The van der Waals surface area contributed by atoms with Crippen molar-refractivity contribution in [3.63, 3.8) is 0 Å². The predicted molar refractivity (Wildman–Crippen MR) is 76.4 cm³/mol. The van der Waals surface area contributed by atoms with Crippen molar-refractivity contribution < 1.29 is 0 Å². The fourth-order valence-corrected chi connectivity index (χ4v) is 2.75. The Kier molecular flexibility index (Phi) is 7.87. The molecule has 1 aliphatic heterocycles. The van der Waals surface area contributed by atoms with Gasteiger partial charge in [-0.15, -0.1) is 0 Å². The van der Waals surface area contributed by atoms with E-state index in [1.807, 2.05) is 0 Å². The summed E-state index contributed by atoms with van der Waals surface area (Å²) in [5.41, 5.74) is 0. The summed E-state index contributed by atoms with van der Waals surface area (Å²) < 4.78 is 0. The third-order valence-electron chi connectivity index (χ3n) is 4.08. The first-order valence-electron chi connectivity index (χ1n) is 7.68. The molecule has 0 aliphatic carbocycles. The molecule has 0 aromatic heterocycles. The first-order chi connectivity index (χ1) is 8.26. The summed E-state index contributed by atoms with van der Waals surface area (Å²) in [6, 6.07) is 0.777. The van der Waals surface area contributed by atoms with E-state index in [0.717, 1.165) is 12.0 Å². The van der Waals surface area contributed by atoms with E-state index in [2.05, 4.69) is 31.1 Å². The average Bonchev–Trinajstić information content (AvgIpc) is 2.35. The van der Waals surface area contributed by atoms with Crippen molar-refractivity contribution in [3.05, 3.63) is 0 Å². The Morgan fingerprint density at radius 2 is 1.82 bits per heavy atom. The number of hydrogen-bond acceptors (Lipinski definition) is 2. The molecule has 17 heavy (non-hydrogen) atoms. The number of piperidine rings is 1. The number of unbranched alkanes of at least 4 members (excludes halogenated alkanes) is 1. The average molecular weight is 240 g/mol. The minimum atomic E-state index is 0.777. The van der Waals surface area contributed by atoms with E-state index in [9.17, 15) is 0 Å². The molecule has 1 unspecified atom stereocenters. The van der Waals surface area contributed by atoms with E-state index in [1.54, 1.807) is 0 Å². The molecule has 1 saturated heterocycles. The lowest BCUT2D eigenvalue weighted by Gasteiger charge is -2.30. The molecule has 0 spiro atoms. The van der Waals surface area contributed by atoms with Crippen molar-refractivity contribution >= 4 is 0 Å². The van der Waals surface area contributed by atoms with Crippen LogP contribution in [0, 0.1) is 5.92 Å². The van der Waals surface area contributed by atoms with Crippen molar-refractivity contribution in [1.82, 2.24) is 10.2 Å². The van der Waals surface area contributed by atoms with E-state index in [-0.39, 0.29) is 0 Å². The molecule has 1 N–H and O–H groups in total. The van der Waals surface area contributed by atoms with Crippen molar-refractivity contribution in [3.8, 4) is 0 Å². The van der Waals surface area contributed by atoms with Crippen molar-refractivity contribution in [1.29, 1.82) is 0 Å². The Hall–Kier alpha value is -0.0800. The van der Waals surface area contributed by atoms with Crippen molar-refractivity contribution in [2.45, 2.75) is 64.8 Å². The molecule has 2 nitrogen and oxygen atoms in total. The lowest BCUT2D eigenvalue weighted by Crippen LogP contribution is -2.38. The second-order valence-corrected chi connectivity index (χ2v) is 5.78. The third kappa shape index (κ3) is 6.42. The van der Waals surface area contributed by atoms with Crippen LogP contribution in [0.3, 0.4) is 0 Å². The third-order valence-corrected chi connectivity index (χ3v) is 4.08. The number of nitrogens with one attached hydrogen (secondary N) is 1. The highest BCUT2D eigenvalue weighted by Crippen LogP contribution is 2.16. The number of likely N-dealkylation sites (tertiary alicyclic amines) is 1. The van der Waals surface area contributed by atoms with Gasteiger partial charge in [-0.05, 0) is 58.3 Å². The molecule has 0 amide bonds. The quantitative estimate of drug-likeness (QED) is 0.700. The summed E-state index contributed by atoms with van der Waals surface area (Å²) in [4.78, 5) is 2.46. The summed E-state index contributed by atoms with van der Waals surface area (Å²) in [7, 11) is 2.24. The minimum absolute atomic E-state index is 0.777. The molecule has 102 valence electrons. The van der Waals surface area contributed by atoms with Crippen molar-refractivity contribution in [2.75, 3.05) is 26.7 Å². The number of hydrogen-bond donors (Lipinski definition) is 1. The standard InChI is InChI=1S/C15H32N2/c1-4-6-8-15(7-5-2)16-13-14-9-11-17(3)12-10-14/h14-16H,4-13H2,1-3H3. The van der Waals surface area contributed by atoms with Crippen LogP contribution in [0.4, 0.5) is 0 Å². The smallest absolute Gasteiger partial charge is 0.00670 e. The van der Waals surface area contributed by atoms with Crippen LogP contribution in [0.15, 0.2) is 0 Å². The fourth-order valence-electron chi connectivity index (χ4n) is 2.75. The van der Waals surface area contributed by atoms with Gasteiger partial charge in [0.05, 0.1) is 0 Å². The van der Waals surface area contributed by atoms with Gasteiger partial charge in [0.25, 0.3) is 0 Å². The summed E-state index contributed by atoms with van der Waals surface area (Å²) in [6.07, 6.45) is 9.52. The normalized spacial score (nSPS) is 20.6. The van der Waals surface area contributed by atoms with Crippen molar-refractivity contribution in [2.24, 2.45) is 5.92 Å². The molecule has 1 heterocycles. The second kappa shape index (κ2) is 8.93. The van der Waals surface area contributed by atoms with Gasteiger partial charge in [0.2, 0.25) is 0 Å². The summed E-state index contributed by atoms with van der Waals surface area (Å²) in [5, 5.41) is 3.82. The molecule has 2 heteroatoms. The highest BCUT2D eigenvalue weighted by molar-refractivity contribution is 4.74. The SMILES string of the molecule is CCCCC(CCC)NCC1CCN(C)CC1. The van der Waals surface area contributed by atoms with Gasteiger partial charge in [0.15, 0.2) is 0 Å². The first kappa shape index (κ1) is 15.0. The topological polar surface area (TPSA) is 15.3 Å². The monoisotopic (exact) mass is 240 g/mol. The maximum absolute atomic E-state index is 3.82. The van der Waals surface area contributed by atoms with E-state index in [4.69, 9.17) is 0 Å². The van der Waals surface area contributed by atoms with Gasteiger partial charge in [-0.2, -0.15) is 0 Å². The largest absolute Gasteiger partial charge is 0.314 e. The molecular formula is C15H32N2. The summed E-state index contributed by atoms with van der Waals surface area (Å²) >= 11 is 0. The predicted octanol–water partition coefficient (Wildman–Crippen LogP) is 3.28. The van der Waals surface area contributed by atoms with Crippen LogP contribution in [0.5, 0.6) is 0 Å². The minimum Gasteiger partial charge on any atom is -0.314 e. The lowest BCUT2D eigenvalue weighted by molar-refractivity contribution is 0.210. The van der Waals surface area contributed by atoms with E-state index < -0.39 is 0 Å². The summed E-state index contributed by atoms with van der Waals surface area (Å²) in [5.74, 6) is 0.923. The molecule has 0 radical (unpaired) electrons. The Labute approximate surface area is 108 Å². The van der Waals surface area contributed by atoms with E-state index in [0.29, 0.717) is 0 Å². The van der Waals surface area contributed by atoms with E-state index >= 15 is 0 Å². The lowest BCUT2D eigenvalue weighted by atomic mass is 9.96. The highest BCUT2D eigenvalue weighted by Gasteiger charge is 2.17. The molecule has 1 rings (SSSR count). The zero-order chi connectivity index (χ0) is 12.5. The first-order valence-corrected chi connectivity index (χ1v) is 7.68. The van der Waals surface area contributed by atoms with Gasteiger partial charge in [0.1, 0.15) is 0 Å². The maximum atomic E-state index is 3.82. The Morgan fingerprint density at radius 3 is 2.41 bits per heavy atom. The van der Waals surface area contributed by atoms with Crippen LogP contribution in [0.2, 0.25) is 0 Å². The molecule has 1 fully saturated rings. The summed E-state index contributed by atoms with van der Waals surface area (Å²) in [6.45, 7) is 8.43. The number of rotatable bonds is 8. The zero-order valence-electron chi connectivity index (χ0n) is 12.2. The van der Waals surface area contributed by atoms with Gasteiger partial charge in [0, 0.05) is 6.04 Å². The van der Waals surface area contributed by atoms with Crippen LogP contribution in [-0.2, 0) is 0 Å². The van der Waals surface area contributed by atoms with Crippen LogP contribution >= 0.6 is 0 Å². The Bertz CT molecular complexity index is 174. The maximum Gasteiger partial charge on any atom is 0.00670 e. The van der Waals surface area contributed by atoms with Crippen LogP contribution in [0.25, 0.3) is 0 Å². The Balaban J connectivity index is 2.16. The Morgan fingerprint density at radius 1 is 1.12 bits per heavy atom. The van der Waals surface area contributed by atoms with Crippen LogP contribution in [-0.4, -0.2) is 37.6 Å². The molecule has 1 atom stereocenters. The zero-order valence-corrected chi connectivity index (χ0v) is 12.2. The molecule has 0 aromatic carbocycles. The molecule has 0 saturated carbocycles. The fraction of sp³-hybridized carbons (Fsp3) is 1.00. The van der Waals surface area contributed by atoms with Crippen LogP contribution in [0.1, 0.15) is 58.8 Å². The van der Waals surface area contributed by atoms with Gasteiger partial charge in [-0.1, -0.05) is 33.1 Å². The second-order valence-electron chi connectivity index (χ2n) is 5.78. The molecule has 0 aromatic rings. The van der Waals surface area contributed by atoms with Gasteiger partial charge in [-0.25, -0.2) is 0 Å².